The molecule has 3 atom stereocenters. The summed E-state index contributed by atoms with van der Waals surface area (Å²) < 4.78 is 27.6. The number of sulfone groups is 1. The van der Waals surface area contributed by atoms with E-state index in [0.717, 1.165) is 18.4 Å². The highest BCUT2D eigenvalue weighted by Gasteiger charge is 2.49. The summed E-state index contributed by atoms with van der Waals surface area (Å²) in [6, 6.07) is 17.5. The minimum absolute atomic E-state index is 0.141. The quantitative estimate of drug-likeness (QED) is 0.291. The Kier molecular flexibility index (Phi) is 8.73. The highest BCUT2D eigenvalue weighted by molar-refractivity contribution is 7.92. The summed E-state index contributed by atoms with van der Waals surface area (Å²) in [6.45, 7) is 4.16. The van der Waals surface area contributed by atoms with Crippen LogP contribution in [0.1, 0.15) is 64.0 Å². The number of rotatable bonds is 11. The Morgan fingerprint density at radius 3 is 2.18 bits per heavy atom. The molecule has 0 saturated carbocycles. The van der Waals surface area contributed by atoms with Crippen LogP contribution in [0.15, 0.2) is 77.7 Å². The van der Waals surface area contributed by atoms with Crippen molar-refractivity contribution in [1.29, 1.82) is 0 Å². The number of hydrogen-bond donors (Lipinski definition) is 0. The van der Waals surface area contributed by atoms with Gasteiger partial charge in [-0.1, -0.05) is 80.4 Å². The summed E-state index contributed by atoms with van der Waals surface area (Å²) in [7, 11) is -2.01. The zero-order chi connectivity index (χ0) is 23.8. The first-order valence-corrected chi connectivity index (χ1v) is 13.5. The molecule has 2 amide bonds. The number of carbonyl (C=O) groups is 1. The standard InChI is InChI=1S/C27H36N2O3S/c1-4-5-6-7-8-9-16-21-25(33(31,32)24-19-14-11-15-20-24)29-26(22(2)28(3)27(29)30)23-17-12-10-13-18-23/h8-15,17-20,22,25-26H,4-7,16,21H2,1-3H3/b9-8+/t22-,25-,26-/m0/s1. The third kappa shape index (κ3) is 5.67. The smallest absolute Gasteiger partial charge is 0.321 e. The van der Waals surface area contributed by atoms with Crippen molar-refractivity contribution in [2.45, 2.75) is 74.7 Å². The van der Waals surface area contributed by atoms with Crippen molar-refractivity contribution < 1.29 is 13.2 Å². The van der Waals surface area contributed by atoms with Crippen LogP contribution in [0, 0.1) is 0 Å². The van der Waals surface area contributed by atoms with E-state index in [0.29, 0.717) is 12.8 Å². The van der Waals surface area contributed by atoms with Crippen molar-refractivity contribution in [2.24, 2.45) is 0 Å². The molecule has 3 rings (SSSR count). The molecule has 0 unspecified atom stereocenters. The average molecular weight is 469 g/mol. The molecule has 0 radical (unpaired) electrons. The Bertz CT molecular complexity index is 1020. The largest absolute Gasteiger partial charge is 0.323 e. The second-order valence-electron chi connectivity index (χ2n) is 8.75. The van der Waals surface area contributed by atoms with E-state index in [1.54, 1.807) is 47.2 Å². The molecule has 0 bridgehead atoms. The number of likely N-dealkylation sites (N-methyl/N-ethyl adjacent to an activating group) is 1. The van der Waals surface area contributed by atoms with Crippen LogP contribution in [0.25, 0.3) is 0 Å². The van der Waals surface area contributed by atoms with Gasteiger partial charge >= 0.3 is 6.03 Å². The van der Waals surface area contributed by atoms with Crippen molar-refractivity contribution in [3.05, 3.63) is 78.4 Å². The van der Waals surface area contributed by atoms with Crippen molar-refractivity contribution in [2.75, 3.05) is 7.05 Å². The lowest BCUT2D eigenvalue weighted by Crippen LogP contribution is -2.44. The Balaban J connectivity index is 1.95. The molecule has 5 nitrogen and oxygen atoms in total. The van der Waals surface area contributed by atoms with Crippen LogP contribution < -0.4 is 0 Å². The molecule has 1 fully saturated rings. The molecule has 1 aliphatic rings. The van der Waals surface area contributed by atoms with E-state index in [4.69, 9.17) is 0 Å². The first-order chi connectivity index (χ1) is 15.9. The van der Waals surface area contributed by atoms with Gasteiger partial charge in [-0.15, -0.1) is 0 Å². The first-order valence-electron chi connectivity index (χ1n) is 11.9. The fourth-order valence-corrected chi connectivity index (χ4v) is 6.33. The minimum Gasteiger partial charge on any atom is -0.323 e. The Labute approximate surface area is 199 Å². The van der Waals surface area contributed by atoms with E-state index >= 15 is 0 Å². The molecule has 0 spiro atoms. The number of urea groups is 1. The Hall–Kier alpha value is -2.60. The van der Waals surface area contributed by atoms with Gasteiger partial charge < -0.3 is 4.90 Å². The van der Waals surface area contributed by atoms with Gasteiger partial charge in [-0.3, -0.25) is 4.90 Å². The highest BCUT2D eigenvalue weighted by atomic mass is 32.2. The molecule has 6 heteroatoms. The molecular weight excluding hydrogens is 432 g/mol. The summed E-state index contributed by atoms with van der Waals surface area (Å²) >= 11 is 0. The summed E-state index contributed by atoms with van der Waals surface area (Å²) in [5.74, 6) is 0. The highest BCUT2D eigenvalue weighted by Crippen LogP contribution is 2.39. The molecular formula is C27H36N2O3S. The van der Waals surface area contributed by atoms with Crippen LogP contribution in [0.2, 0.25) is 0 Å². The second-order valence-corrected chi connectivity index (χ2v) is 10.9. The van der Waals surface area contributed by atoms with Crippen molar-refractivity contribution in [3.8, 4) is 0 Å². The number of amides is 2. The first kappa shape index (κ1) is 25.0. The fraction of sp³-hybridized carbons (Fsp3) is 0.444. The van der Waals surface area contributed by atoms with Gasteiger partial charge in [0.05, 0.1) is 17.0 Å². The van der Waals surface area contributed by atoms with Crippen LogP contribution in [-0.4, -0.2) is 42.7 Å². The average Bonchev–Trinajstić information content (AvgIpc) is 3.05. The van der Waals surface area contributed by atoms with Gasteiger partial charge in [0.2, 0.25) is 0 Å². The van der Waals surface area contributed by atoms with Crippen LogP contribution in [-0.2, 0) is 9.84 Å². The molecule has 1 saturated heterocycles. The van der Waals surface area contributed by atoms with Gasteiger partial charge in [0.25, 0.3) is 0 Å². The summed E-state index contributed by atoms with van der Waals surface area (Å²) in [6.07, 6.45) is 9.67. The number of unbranched alkanes of at least 4 members (excludes halogenated alkanes) is 3. The molecule has 1 aliphatic heterocycles. The van der Waals surface area contributed by atoms with Crippen LogP contribution in [0.5, 0.6) is 0 Å². The molecule has 2 aromatic carbocycles. The molecule has 0 aromatic heterocycles. The molecule has 0 N–H and O–H groups in total. The van der Waals surface area contributed by atoms with Gasteiger partial charge in [-0.25, -0.2) is 13.2 Å². The van der Waals surface area contributed by atoms with E-state index in [1.807, 2.05) is 37.3 Å². The molecule has 0 aliphatic carbocycles. The van der Waals surface area contributed by atoms with Gasteiger partial charge in [-0.05, 0) is 50.3 Å². The zero-order valence-corrected chi connectivity index (χ0v) is 20.7. The maximum atomic E-state index is 13.8. The summed E-state index contributed by atoms with van der Waals surface area (Å²) in [5, 5.41) is -0.940. The third-order valence-corrected chi connectivity index (χ3v) is 8.60. The second kappa shape index (κ2) is 11.5. The van der Waals surface area contributed by atoms with Crippen molar-refractivity contribution in [3.63, 3.8) is 0 Å². The predicted octanol–water partition coefficient (Wildman–Crippen LogP) is 6.20. The topological polar surface area (TPSA) is 57.7 Å². The van der Waals surface area contributed by atoms with E-state index in [-0.39, 0.29) is 23.0 Å². The molecule has 1 heterocycles. The van der Waals surface area contributed by atoms with Crippen LogP contribution in [0.4, 0.5) is 4.79 Å². The Morgan fingerprint density at radius 2 is 1.55 bits per heavy atom. The maximum Gasteiger partial charge on any atom is 0.321 e. The third-order valence-electron chi connectivity index (χ3n) is 6.49. The lowest BCUT2D eigenvalue weighted by Gasteiger charge is -2.33. The zero-order valence-electron chi connectivity index (χ0n) is 19.9. The van der Waals surface area contributed by atoms with E-state index in [1.165, 1.54) is 12.8 Å². The van der Waals surface area contributed by atoms with Crippen molar-refractivity contribution in [1.82, 2.24) is 9.80 Å². The number of hydrogen-bond acceptors (Lipinski definition) is 3. The fourth-order valence-electron chi connectivity index (χ4n) is 4.51. The van der Waals surface area contributed by atoms with Gasteiger partial charge in [0.1, 0.15) is 5.37 Å². The number of carbonyl (C=O) groups excluding carboxylic acids is 1. The summed E-state index contributed by atoms with van der Waals surface area (Å²) in [5.41, 5.74) is 0.950. The predicted molar refractivity (Wildman–Crippen MR) is 134 cm³/mol. The van der Waals surface area contributed by atoms with Crippen LogP contribution in [0.3, 0.4) is 0 Å². The van der Waals surface area contributed by atoms with Crippen molar-refractivity contribution >= 4 is 15.9 Å². The molecule has 2 aromatic rings. The van der Waals surface area contributed by atoms with Gasteiger partial charge in [0, 0.05) is 7.05 Å². The van der Waals surface area contributed by atoms with Gasteiger partial charge in [-0.2, -0.15) is 0 Å². The number of allylic oxidation sites excluding steroid dienone is 2. The number of nitrogens with zero attached hydrogens (tertiary/aromatic N) is 2. The van der Waals surface area contributed by atoms with Gasteiger partial charge in [0.15, 0.2) is 9.84 Å². The Morgan fingerprint density at radius 1 is 0.939 bits per heavy atom. The van der Waals surface area contributed by atoms with E-state index in [9.17, 15) is 13.2 Å². The normalized spacial score (nSPS) is 20.0. The molecule has 178 valence electrons. The van der Waals surface area contributed by atoms with Crippen LogP contribution >= 0.6 is 0 Å². The monoisotopic (exact) mass is 468 g/mol. The summed E-state index contributed by atoms with van der Waals surface area (Å²) in [4.78, 5) is 16.9. The number of benzene rings is 2. The maximum absolute atomic E-state index is 13.8. The lowest BCUT2D eigenvalue weighted by molar-refractivity contribution is 0.182. The lowest BCUT2D eigenvalue weighted by atomic mass is 10.00. The minimum atomic E-state index is -3.76. The SMILES string of the molecule is CCCCC/C=C/CC[C@@H](N1C(=O)N(C)[C@@H](C)[C@H]1c1ccccc1)S(=O)(=O)c1ccccc1. The van der Waals surface area contributed by atoms with E-state index < -0.39 is 15.2 Å². The molecule has 33 heavy (non-hydrogen) atoms. The van der Waals surface area contributed by atoms with E-state index in [2.05, 4.69) is 19.1 Å².